The second-order valence-electron chi connectivity index (χ2n) is 4.84. The monoisotopic (exact) mass is 357 g/mol. The highest BCUT2D eigenvalue weighted by atomic mass is 35.5. The number of aryl methyl sites for hydroxylation is 1. The average molecular weight is 358 g/mol. The maximum atomic E-state index is 12.2. The van der Waals surface area contributed by atoms with Crippen LogP contribution in [0.5, 0.6) is 0 Å². The smallest absolute Gasteiger partial charge is 0.255 e. The van der Waals surface area contributed by atoms with Crippen LogP contribution < -0.4 is 5.32 Å². The Labute approximate surface area is 139 Å². The number of benzene rings is 2. The Morgan fingerprint density at radius 3 is 2.32 bits per heavy atom. The van der Waals surface area contributed by atoms with E-state index in [0.717, 1.165) is 6.26 Å². The Kier molecular flexibility index (Phi) is 4.80. The van der Waals surface area contributed by atoms with Gasteiger partial charge in [0.2, 0.25) is 0 Å². The number of anilines is 1. The molecule has 22 heavy (non-hydrogen) atoms. The molecule has 0 fully saturated rings. The normalized spacial score (nSPS) is 11.3. The number of nitrogens with one attached hydrogen (secondary N) is 1. The molecule has 0 aliphatic rings. The fourth-order valence-electron chi connectivity index (χ4n) is 1.92. The first-order valence-electron chi connectivity index (χ1n) is 6.25. The van der Waals surface area contributed by atoms with E-state index in [1.54, 1.807) is 31.2 Å². The zero-order valence-corrected chi connectivity index (χ0v) is 14.2. The SMILES string of the molecule is Cc1ccc(C(=O)Nc2ccc(Cl)c(Cl)c2)cc1S(C)(=O)=O. The Morgan fingerprint density at radius 1 is 1.05 bits per heavy atom. The minimum absolute atomic E-state index is 0.134. The van der Waals surface area contributed by atoms with Gasteiger partial charge >= 0.3 is 0 Å². The van der Waals surface area contributed by atoms with Crippen LogP contribution in [0.15, 0.2) is 41.3 Å². The first-order valence-corrected chi connectivity index (χ1v) is 8.90. The fraction of sp³-hybridized carbons (Fsp3) is 0.133. The molecule has 2 rings (SSSR count). The summed E-state index contributed by atoms with van der Waals surface area (Å²) < 4.78 is 23.4. The number of halogens is 2. The summed E-state index contributed by atoms with van der Waals surface area (Å²) in [4.78, 5) is 12.4. The largest absolute Gasteiger partial charge is 0.322 e. The molecule has 0 aromatic heterocycles. The van der Waals surface area contributed by atoms with Gasteiger partial charge in [-0.15, -0.1) is 0 Å². The topological polar surface area (TPSA) is 63.2 Å². The molecule has 7 heteroatoms. The van der Waals surface area contributed by atoms with Gasteiger partial charge in [-0.25, -0.2) is 8.42 Å². The van der Waals surface area contributed by atoms with E-state index in [4.69, 9.17) is 23.2 Å². The van der Waals surface area contributed by atoms with E-state index in [0.29, 0.717) is 21.3 Å². The summed E-state index contributed by atoms with van der Waals surface area (Å²) in [5.74, 6) is -0.428. The highest BCUT2D eigenvalue weighted by Crippen LogP contribution is 2.25. The third-order valence-electron chi connectivity index (χ3n) is 3.03. The van der Waals surface area contributed by atoms with E-state index < -0.39 is 15.7 Å². The van der Waals surface area contributed by atoms with Crippen LogP contribution in [0.2, 0.25) is 10.0 Å². The molecule has 2 aromatic rings. The van der Waals surface area contributed by atoms with Crippen molar-refractivity contribution in [2.24, 2.45) is 0 Å². The van der Waals surface area contributed by atoms with Crippen LogP contribution >= 0.6 is 23.2 Å². The van der Waals surface area contributed by atoms with Gasteiger partial charge in [-0.1, -0.05) is 29.3 Å². The van der Waals surface area contributed by atoms with Gasteiger partial charge in [-0.3, -0.25) is 4.79 Å². The molecular formula is C15H13Cl2NO3S. The van der Waals surface area contributed by atoms with Gasteiger partial charge in [0.1, 0.15) is 0 Å². The van der Waals surface area contributed by atoms with Gasteiger partial charge in [0.15, 0.2) is 9.84 Å². The molecule has 0 bridgehead atoms. The number of rotatable bonds is 3. The number of hydrogen-bond donors (Lipinski definition) is 1. The van der Waals surface area contributed by atoms with Crippen LogP contribution in [0.3, 0.4) is 0 Å². The third-order valence-corrected chi connectivity index (χ3v) is 5.01. The molecule has 0 saturated heterocycles. The van der Waals surface area contributed by atoms with Crippen LogP contribution in [0.1, 0.15) is 15.9 Å². The molecule has 0 heterocycles. The van der Waals surface area contributed by atoms with Crippen LogP contribution in [0.4, 0.5) is 5.69 Å². The zero-order valence-electron chi connectivity index (χ0n) is 11.9. The van der Waals surface area contributed by atoms with Gasteiger partial charge < -0.3 is 5.32 Å². The van der Waals surface area contributed by atoms with E-state index in [1.165, 1.54) is 12.1 Å². The van der Waals surface area contributed by atoms with E-state index >= 15 is 0 Å². The number of carbonyl (C=O) groups is 1. The molecule has 0 unspecified atom stereocenters. The lowest BCUT2D eigenvalue weighted by Crippen LogP contribution is -2.13. The molecule has 0 saturated carbocycles. The zero-order chi connectivity index (χ0) is 16.5. The number of sulfone groups is 1. The standard InChI is InChI=1S/C15H13Cl2NO3S/c1-9-3-4-10(7-14(9)22(2,20)21)15(19)18-11-5-6-12(16)13(17)8-11/h3-8H,1-2H3,(H,18,19). The lowest BCUT2D eigenvalue weighted by molar-refractivity contribution is 0.102. The van der Waals surface area contributed by atoms with Crippen molar-refractivity contribution in [2.75, 3.05) is 11.6 Å². The van der Waals surface area contributed by atoms with Crippen molar-refractivity contribution in [3.63, 3.8) is 0 Å². The average Bonchev–Trinajstić information content (AvgIpc) is 2.42. The van der Waals surface area contributed by atoms with Crippen molar-refractivity contribution in [3.05, 3.63) is 57.6 Å². The predicted molar refractivity (Wildman–Crippen MR) is 88.7 cm³/mol. The first-order chi connectivity index (χ1) is 10.2. The maximum Gasteiger partial charge on any atom is 0.255 e. The molecule has 0 radical (unpaired) electrons. The molecule has 0 aliphatic heterocycles. The van der Waals surface area contributed by atoms with Crippen molar-refractivity contribution in [2.45, 2.75) is 11.8 Å². The number of carbonyl (C=O) groups excluding carboxylic acids is 1. The second kappa shape index (κ2) is 6.28. The molecule has 2 aromatic carbocycles. The molecule has 1 N–H and O–H groups in total. The first kappa shape index (κ1) is 16.8. The summed E-state index contributed by atoms with van der Waals surface area (Å²) in [5, 5.41) is 3.35. The van der Waals surface area contributed by atoms with Gasteiger partial charge in [0, 0.05) is 17.5 Å². The van der Waals surface area contributed by atoms with E-state index in [1.807, 2.05) is 0 Å². The quantitative estimate of drug-likeness (QED) is 0.903. The van der Waals surface area contributed by atoms with Crippen LogP contribution in [0.25, 0.3) is 0 Å². The van der Waals surface area contributed by atoms with E-state index in [9.17, 15) is 13.2 Å². The van der Waals surface area contributed by atoms with Crippen molar-refractivity contribution in [1.82, 2.24) is 0 Å². The second-order valence-corrected chi connectivity index (χ2v) is 7.63. The van der Waals surface area contributed by atoms with Gasteiger partial charge in [0.25, 0.3) is 5.91 Å². The molecule has 0 atom stereocenters. The van der Waals surface area contributed by atoms with Crippen LogP contribution in [-0.2, 0) is 9.84 Å². The maximum absolute atomic E-state index is 12.2. The minimum atomic E-state index is -3.39. The molecule has 0 aliphatic carbocycles. The lowest BCUT2D eigenvalue weighted by atomic mass is 10.1. The van der Waals surface area contributed by atoms with Crippen LogP contribution in [-0.4, -0.2) is 20.6 Å². The molecule has 4 nitrogen and oxygen atoms in total. The summed E-state index contributed by atoms with van der Waals surface area (Å²) in [7, 11) is -3.39. The van der Waals surface area contributed by atoms with Crippen LogP contribution in [0, 0.1) is 6.92 Å². The van der Waals surface area contributed by atoms with Gasteiger partial charge in [-0.2, -0.15) is 0 Å². The third kappa shape index (κ3) is 3.80. The van der Waals surface area contributed by atoms with Gasteiger partial charge in [0.05, 0.1) is 14.9 Å². The van der Waals surface area contributed by atoms with E-state index in [-0.39, 0.29) is 10.5 Å². The fourth-order valence-corrected chi connectivity index (χ4v) is 3.21. The molecule has 1 amide bonds. The summed E-state index contributed by atoms with van der Waals surface area (Å²) in [6.07, 6.45) is 1.11. The van der Waals surface area contributed by atoms with E-state index in [2.05, 4.69) is 5.32 Å². The Hall–Kier alpha value is -1.56. The summed E-state index contributed by atoms with van der Waals surface area (Å²) in [5.41, 5.74) is 1.31. The van der Waals surface area contributed by atoms with Crippen molar-refractivity contribution in [1.29, 1.82) is 0 Å². The summed E-state index contributed by atoms with van der Waals surface area (Å²) in [6, 6.07) is 9.22. The number of hydrogen-bond acceptors (Lipinski definition) is 3. The van der Waals surface area contributed by atoms with Crippen molar-refractivity contribution < 1.29 is 13.2 Å². The van der Waals surface area contributed by atoms with Crippen molar-refractivity contribution in [3.8, 4) is 0 Å². The molecule has 0 spiro atoms. The van der Waals surface area contributed by atoms with Crippen molar-refractivity contribution >= 4 is 44.6 Å². The Balaban J connectivity index is 2.32. The molecular weight excluding hydrogens is 345 g/mol. The molecule has 116 valence electrons. The lowest BCUT2D eigenvalue weighted by Gasteiger charge is -2.09. The highest BCUT2D eigenvalue weighted by molar-refractivity contribution is 7.90. The summed E-state index contributed by atoms with van der Waals surface area (Å²) in [6.45, 7) is 1.68. The number of amides is 1. The Morgan fingerprint density at radius 2 is 1.73 bits per heavy atom. The highest BCUT2D eigenvalue weighted by Gasteiger charge is 2.15. The predicted octanol–water partition coefficient (Wildman–Crippen LogP) is 3.96. The summed E-state index contributed by atoms with van der Waals surface area (Å²) >= 11 is 11.7. The minimum Gasteiger partial charge on any atom is -0.322 e. The van der Waals surface area contributed by atoms with Gasteiger partial charge in [-0.05, 0) is 42.8 Å². The Bertz CT molecular complexity index is 848.